The number of thioether (sulfide) groups is 7. The smallest absolute Gasteiger partial charge is 0.137 e. The Balaban J connectivity index is 0.000000758. The zero-order valence-electron chi connectivity index (χ0n) is 69.4. The lowest BCUT2D eigenvalue weighted by molar-refractivity contribution is 0.392. The molecule has 0 bridgehead atoms. The summed E-state index contributed by atoms with van der Waals surface area (Å²) in [6.45, 7) is 21.7. The van der Waals surface area contributed by atoms with Gasteiger partial charge in [-0.2, -0.15) is 5.10 Å². The van der Waals surface area contributed by atoms with Crippen molar-refractivity contribution in [3.63, 3.8) is 0 Å². The van der Waals surface area contributed by atoms with Gasteiger partial charge in [-0.05, 0) is 265 Å². The second-order valence-electron chi connectivity index (χ2n) is 27.9. The van der Waals surface area contributed by atoms with Crippen LogP contribution in [0.4, 0.5) is 0 Å². The molecular formula is C99H118Cl9N7O8S8. The summed E-state index contributed by atoms with van der Waals surface area (Å²) < 4.78 is 6.82. The minimum Gasteiger partial charge on any atom is -0.508 e. The fourth-order valence-electron chi connectivity index (χ4n) is 11.4. The number of hydrogen-bond donors (Lipinski definition) is 7. The fraction of sp³-hybridized carbons (Fsp3) is 0.273. The Hall–Kier alpha value is -7.08. The lowest BCUT2D eigenvalue weighted by Crippen LogP contribution is -1.90. The van der Waals surface area contributed by atoms with E-state index in [0.29, 0.717) is 91.2 Å². The number of hydrogen-bond acceptors (Lipinski definition) is 22. The number of benzene rings is 8. The van der Waals surface area contributed by atoms with Gasteiger partial charge in [0.25, 0.3) is 0 Å². The molecule has 6 aromatic heterocycles. The predicted molar refractivity (Wildman–Crippen MR) is 574 cm³/mol. The highest BCUT2D eigenvalue weighted by Gasteiger charge is 2.16. The van der Waals surface area contributed by atoms with Crippen molar-refractivity contribution in [1.82, 2.24) is 34.9 Å². The summed E-state index contributed by atoms with van der Waals surface area (Å²) in [4.78, 5) is 24.7. The number of aromatic nitrogens is 7. The Morgan fingerprint density at radius 2 is 0.618 bits per heavy atom. The molecule has 0 aliphatic rings. The summed E-state index contributed by atoms with van der Waals surface area (Å²) in [6.07, 6.45) is 12.6. The molecule has 8 aromatic carbocycles. The van der Waals surface area contributed by atoms with Crippen molar-refractivity contribution < 1.29 is 40.3 Å². The summed E-state index contributed by atoms with van der Waals surface area (Å²) in [5, 5.41) is 80.1. The van der Waals surface area contributed by atoms with Crippen molar-refractivity contribution in [3.8, 4) is 40.2 Å². The Labute approximate surface area is 854 Å². The molecule has 0 atom stereocenters. The fourth-order valence-corrected chi connectivity index (χ4v) is 22.9. The van der Waals surface area contributed by atoms with Crippen molar-refractivity contribution in [2.24, 2.45) is 7.05 Å². The van der Waals surface area contributed by atoms with Crippen LogP contribution in [0.3, 0.4) is 0 Å². The predicted octanol–water partition coefficient (Wildman–Crippen LogP) is 35.1. The monoisotopic (exact) mass is 2100 g/mol. The number of rotatable bonds is 22. The molecule has 0 radical (unpaired) electrons. The second kappa shape index (κ2) is 61.1. The maximum Gasteiger partial charge on any atom is 0.137 e. The molecule has 0 amide bonds. The molecule has 0 saturated carbocycles. The van der Waals surface area contributed by atoms with E-state index >= 15 is 0 Å². The van der Waals surface area contributed by atoms with E-state index in [-0.39, 0.29) is 69.2 Å². The van der Waals surface area contributed by atoms with E-state index in [1.54, 1.807) is 227 Å². The molecule has 0 fully saturated rings. The van der Waals surface area contributed by atoms with Crippen LogP contribution in [0.2, 0.25) is 45.2 Å². The van der Waals surface area contributed by atoms with Crippen LogP contribution in [-0.4, -0.2) is 70.6 Å². The third kappa shape index (κ3) is 41.6. The maximum absolute atomic E-state index is 9.56. The average molecular weight is 2110 g/mol. The van der Waals surface area contributed by atoms with E-state index in [1.807, 2.05) is 118 Å². The number of halogens is 9. The van der Waals surface area contributed by atoms with Crippen molar-refractivity contribution in [2.75, 3.05) is 0 Å². The standard InChI is InChI=1S/C14H11Cl3OS.C14H14ClNOS.2C13H11Cl2NOS.C13H15NO2S.C13H15NOS2.C12H13ClN2OS.7CH4/c1-8-4-9(18)6-10(5-8)19-7-11-12(15)2-3-13(16)14(11)17;1-9-3-11(17)5-12(4-9)18-8-13-10(2)6-16-7-14(13)15;2*1-8-2-9(17)4-10(3-8)18-7-11-12(14)5-16-6-13(11)15;1-8-4-11(15)6-12(5-8)17-7-13-9(2)14-16-10(13)3;1-3-12-13(17-8-14-12)7-16-11-5-9(2)4-10(15)6-11;1-8-3-9(16)5-10(4-8)17-7-12-11(13)6-15(2)14-12;;;;;;;/h2-6,18H,7H2,1H3;3-7,17H,8H2,1-2H3;2*2-6,17H,7H2,1H3;4-6,15H,7H2,1-3H3;4-6,8,15H,3,7H2,1-2H3;3-6,16H,7H2,1-2H3;7*1H4. The number of nitrogens with zero attached hydrogens (tertiary/aromatic N) is 7. The first-order valence-electron chi connectivity index (χ1n) is 37.8. The minimum atomic E-state index is 0. The molecule has 7 N–H and O–H groups in total. The van der Waals surface area contributed by atoms with Crippen molar-refractivity contribution in [1.29, 1.82) is 0 Å². The molecule has 0 unspecified atom stereocenters. The number of phenolic OH excluding ortho intramolecular Hbond substituents is 7. The van der Waals surface area contributed by atoms with Gasteiger partial charge in [-0.25, -0.2) is 4.98 Å². The largest absolute Gasteiger partial charge is 0.508 e. The highest BCUT2D eigenvalue weighted by Crippen LogP contribution is 2.41. The van der Waals surface area contributed by atoms with Gasteiger partial charge in [0.2, 0.25) is 0 Å². The van der Waals surface area contributed by atoms with Crippen LogP contribution in [-0.2, 0) is 53.7 Å². The molecule has 131 heavy (non-hydrogen) atoms. The van der Waals surface area contributed by atoms with Gasteiger partial charge < -0.3 is 40.3 Å². The summed E-state index contributed by atoms with van der Waals surface area (Å²) in [7, 11) is 1.85. The molecule has 14 rings (SSSR count). The van der Waals surface area contributed by atoms with Gasteiger partial charge in [-0.3, -0.25) is 19.6 Å². The van der Waals surface area contributed by atoms with Gasteiger partial charge in [0.1, 0.15) is 46.0 Å². The van der Waals surface area contributed by atoms with Gasteiger partial charge in [-0.15, -0.1) is 93.7 Å². The van der Waals surface area contributed by atoms with Gasteiger partial charge in [0.05, 0.1) is 62.8 Å². The van der Waals surface area contributed by atoms with Gasteiger partial charge in [-0.1, -0.05) is 168 Å². The first kappa shape index (κ1) is 122. The van der Waals surface area contributed by atoms with Gasteiger partial charge in [0, 0.05) is 157 Å². The molecule has 0 spiro atoms. The van der Waals surface area contributed by atoms with Gasteiger partial charge in [0.15, 0.2) is 0 Å². The van der Waals surface area contributed by atoms with E-state index in [2.05, 4.69) is 55.3 Å². The Kier molecular flexibility index (Phi) is 56.9. The van der Waals surface area contributed by atoms with Crippen molar-refractivity contribution in [2.45, 2.75) is 209 Å². The number of aromatic hydroxyl groups is 7. The Morgan fingerprint density at radius 1 is 0.328 bits per heavy atom. The zero-order chi connectivity index (χ0) is 90.4. The number of aryl methyl sites for hydroxylation is 12. The van der Waals surface area contributed by atoms with Crippen molar-refractivity contribution in [3.05, 3.63) is 334 Å². The lowest BCUT2D eigenvalue weighted by Gasteiger charge is -2.09. The molecule has 14 aromatic rings. The van der Waals surface area contributed by atoms with E-state index in [0.717, 1.165) is 147 Å². The van der Waals surface area contributed by atoms with E-state index < -0.39 is 0 Å². The van der Waals surface area contributed by atoms with Crippen LogP contribution in [0.25, 0.3) is 0 Å². The lowest BCUT2D eigenvalue weighted by atomic mass is 10.2. The number of phenols is 7. The molecular weight excluding hydrogens is 1990 g/mol. The summed E-state index contributed by atoms with van der Waals surface area (Å²) in [5.41, 5.74) is 18.0. The molecule has 15 nitrogen and oxygen atoms in total. The van der Waals surface area contributed by atoms with Crippen LogP contribution in [0.15, 0.2) is 227 Å². The highest BCUT2D eigenvalue weighted by atomic mass is 35.5. The first-order valence-corrected chi connectivity index (χ1v) is 48.9. The SMILES string of the molecule is C.C.C.C.C.C.C.CCc1ncsc1CSc1cc(C)cc(O)c1.Cc1cc(O)cc(SCc2c(C)cncc2Cl)c1.Cc1cc(O)cc(SCc2c(C)noc2C)c1.Cc1cc(O)cc(SCc2c(Cl)ccc(Cl)c2Cl)c1.Cc1cc(O)cc(SCc2c(Cl)cncc2Cl)c1.Cc1cc(O)cc(SCc2c(Cl)cncc2Cl)c1.Cc1cc(O)cc(SCc2nn(C)cc2Cl)c1. The van der Waals surface area contributed by atoms with Crippen LogP contribution >= 0.6 is 198 Å². The normalized spacial score (nSPS) is 10.1. The third-order valence-corrected chi connectivity index (χ3v) is 28.5. The quantitative estimate of drug-likeness (QED) is 0.0247. The first-order chi connectivity index (χ1) is 58.9. The molecule has 0 aliphatic heterocycles. The maximum atomic E-state index is 9.56. The second-order valence-corrected chi connectivity index (χ2v) is 39.8. The summed E-state index contributed by atoms with van der Waals surface area (Å²) in [6, 6.07) is 42.1. The molecule has 0 saturated heterocycles. The zero-order valence-corrected chi connectivity index (χ0v) is 82.7. The van der Waals surface area contributed by atoms with Crippen LogP contribution in [0, 0.1) is 69.2 Å². The summed E-state index contributed by atoms with van der Waals surface area (Å²) >= 11 is 67.7. The van der Waals surface area contributed by atoms with Crippen LogP contribution < -0.4 is 0 Å². The third-order valence-electron chi connectivity index (χ3n) is 17.3. The Bertz CT molecular complexity index is 5450. The molecule has 0 aliphatic carbocycles. The molecule has 708 valence electrons. The number of pyridine rings is 3. The van der Waals surface area contributed by atoms with E-state index in [4.69, 9.17) is 109 Å². The Morgan fingerprint density at radius 3 is 0.916 bits per heavy atom. The molecule has 6 heterocycles. The average Bonchev–Trinajstić information content (AvgIpc) is 1.82. The minimum absolute atomic E-state index is 0. The highest BCUT2D eigenvalue weighted by molar-refractivity contribution is 8.00. The van der Waals surface area contributed by atoms with E-state index in [1.165, 1.54) is 10.6 Å². The topological polar surface area (TPSA) is 237 Å². The van der Waals surface area contributed by atoms with Crippen molar-refractivity contribution >= 4 is 198 Å². The van der Waals surface area contributed by atoms with Gasteiger partial charge >= 0.3 is 0 Å². The van der Waals surface area contributed by atoms with Crippen LogP contribution in [0.1, 0.15) is 159 Å². The number of thiazole rings is 1. The van der Waals surface area contributed by atoms with Crippen LogP contribution in [0.5, 0.6) is 40.2 Å². The van der Waals surface area contributed by atoms with E-state index in [9.17, 15) is 35.7 Å². The molecule has 32 heteroatoms. The summed E-state index contributed by atoms with van der Waals surface area (Å²) in [5.74, 6) is 7.99.